The van der Waals surface area contributed by atoms with Gasteiger partial charge >= 0.3 is 0 Å². The monoisotopic (exact) mass is 279 g/mol. The summed E-state index contributed by atoms with van der Waals surface area (Å²) in [7, 11) is 5.00. The lowest BCUT2D eigenvalue weighted by Gasteiger charge is -2.11. The first-order valence-corrected chi connectivity index (χ1v) is 6.36. The molecule has 0 saturated carbocycles. The molecule has 0 aromatic heterocycles. The Bertz CT molecular complexity index is 443. The topological polar surface area (TPSA) is 70.7 Å². The van der Waals surface area contributed by atoms with E-state index in [1.165, 1.54) is 4.90 Å². The summed E-state index contributed by atoms with van der Waals surface area (Å²) in [6, 6.07) is 7.01. The number of nitrogens with zero attached hydrogens (tertiary/aromatic N) is 1. The molecule has 6 nitrogen and oxygen atoms in total. The van der Waals surface area contributed by atoms with E-state index in [1.807, 2.05) is 0 Å². The van der Waals surface area contributed by atoms with Gasteiger partial charge in [-0.3, -0.25) is 9.59 Å². The van der Waals surface area contributed by atoms with E-state index in [0.717, 1.165) is 5.69 Å². The van der Waals surface area contributed by atoms with Gasteiger partial charge in [-0.05, 0) is 24.3 Å². The van der Waals surface area contributed by atoms with Crippen molar-refractivity contribution in [1.82, 2.24) is 10.2 Å². The molecule has 1 rings (SSSR count). The first-order chi connectivity index (χ1) is 9.54. The van der Waals surface area contributed by atoms with Gasteiger partial charge in [-0.2, -0.15) is 0 Å². The highest BCUT2D eigenvalue weighted by Crippen LogP contribution is 2.10. The number of amides is 2. The first kappa shape index (κ1) is 16.0. The number of methoxy groups -OCH3 is 1. The number of benzene rings is 1. The van der Waals surface area contributed by atoms with Crippen molar-refractivity contribution in [2.45, 2.75) is 0 Å². The van der Waals surface area contributed by atoms with Gasteiger partial charge in [0.25, 0.3) is 5.91 Å². The molecule has 20 heavy (non-hydrogen) atoms. The van der Waals surface area contributed by atoms with Crippen LogP contribution in [-0.2, 0) is 9.53 Å². The van der Waals surface area contributed by atoms with Gasteiger partial charge in [-0.25, -0.2) is 0 Å². The standard InChI is InChI=1S/C14H21N3O3/c1-17(2)14(19)11-4-6-12(7-5-11)16-10-13(18)15-8-9-20-3/h4-7,16H,8-10H2,1-3H3,(H,15,18). The van der Waals surface area contributed by atoms with Crippen molar-refractivity contribution in [3.05, 3.63) is 29.8 Å². The average molecular weight is 279 g/mol. The summed E-state index contributed by atoms with van der Waals surface area (Å²) in [6.45, 7) is 1.17. The van der Waals surface area contributed by atoms with Crippen LogP contribution in [0.5, 0.6) is 0 Å². The Morgan fingerprint density at radius 1 is 1.20 bits per heavy atom. The third-order valence-corrected chi connectivity index (χ3v) is 2.62. The van der Waals surface area contributed by atoms with Gasteiger partial charge in [0.2, 0.25) is 5.91 Å². The van der Waals surface area contributed by atoms with Gasteiger partial charge in [0.15, 0.2) is 0 Å². The maximum absolute atomic E-state index is 11.7. The molecular weight excluding hydrogens is 258 g/mol. The van der Waals surface area contributed by atoms with Gasteiger partial charge < -0.3 is 20.3 Å². The molecule has 2 amide bonds. The summed E-state index contributed by atoms with van der Waals surface area (Å²) in [6.07, 6.45) is 0. The molecule has 1 aromatic rings. The van der Waals surface area contributed by atoms with Crippen molar-refractivity contribution < 1.29 is 14.3 Å². The predicted octanol–water partition coefficient (Wildman–Crippen LogP) is 0.563. The second kappa shape index (κ2) is 8.16. The van der Waals surface area contributed by atoms with Crippen molar-refractivity contribution in [2.24, 2.45) is 0 Å². The lowest BCUT2D eigenvalue weighted by molar-refractivity contribution is -0.119. The van der Waals surface area contributed by atoms with Crippen LogP contribution in [0, 0.1) is 0 Å². The fourth-order valence-electron chi connectivity index (χ4n) is 1.53. The molecule has 0 saturated heterocycles. The highest BCUT2D eigenvalue weighted by atomic mass is 16.5. The van der Waals surface area contributed by atoms with E-state index in [1.54, 1.807) is 45.5 Å². The van der Waals surface area contributed by atoms with Gasteiger partial charge in [-0.1, -0.05) is 0 Å². The van der Waals surface area contributed by atoms with Gasteiger partial charge in [0.05, 0.1) is 13.2 Å². The first-order valence-electron chi connectivity index (χ1n) is 6.36. The van der Waals surface area contributed by atoms with Crippen molar-refractivity contribution in [2.75, 3.05) is 46.2 Å². The molecule has 0 aliphatic rings. The highest BCUT2D eigenvalue weighted by Gasteiger charge is 2.07. The maximum Gasteiger partial charge on any atom is 0.253 e. The van der Waals surface area contributed by atoms with E-state index in [9.17, 15) is 9.59 Å². The molecule has 6 heteroatoms. The molecule has 0 unspecified atom stereocenters. The van der Waals surface area contributed by atoms with Crippen LogP contribution in [0.4, 0.5) is 5.69 Å². The number of carbonyl (C=O) groups is 2. The summed E-state index contributed by atoms with van der Waals surface area (Å²) in [5, 5.41) is 5.70. The number of carbonyl (C=O) groups excluding carboxylic acids is 2. The average Bonchev–Trinajstić information content (AvgIpc) is 2.45. The second-order valence-corrected chi connectivity index (χ2v) is 4.47. The Balaban J connectivity index is 2.42. The largest absolute Gasteiger partial charge is 0.383 e. The summed E-state index contributed by atoms with van der Waals surface area (Å²) >= 11 is 0. The van der Waals surface area contributed by atoms with Crippen LogP contribution in [0.3, 0.4) is 0 Å². The summed E-state index contributed by atoms with van der Waals surface area (Å²) < 4.78 is 4.84. The zero-order valence-corrected chi connectivity index (χ0v) is 12.1. The molecule has 0 aliphatic carbocycles. The van der Waals surface area contributed by atoms with E-state index >= 15 is 0 Å². The minimum atomic E-state index is -0.101. The fourth-order valence-corrected chi connectivity index (χ4v) is 1.53. The Hall–Kier alpha value is -2.08. The predicted molar refractivity (Wildman–Crippen MR) is 77.8 cm³/mol. The number of hydrogen-bond acceptors (Lipinski definition) is 4. The SMILES string of the molecule is COCCNC(=O)CNc1ccc(C(=O)N(C)C)cc1. The van der Waals surface area contributed by atoms with Gasteiger partial charge in [0, 0.05) is 39.0 Å². The minimum Gasteiger partial charge on any atom is -0.383 e. The lowest BCUT2D eigenvalue weighted by atomic mass is 10.2. The normalized spacial score (nSPS) is 9.95. The Morgan fingerprint density at radius 2 is 1.85 bits per heavy atom. The zero-order chi connectivity index (χ0) is 15.0. The van der Waals surface area contributed by atoms with E-state index in [-0.39, 0.29) is 18.4 Å². The van der Waals surface area contributed by atoms with Crippen LogP contribution in [0.2, 0.25) is 0 Å². The molecule has 0 spiro atoms. The van der Waals surface area contributed by atoms with Crippen LogP contribution in [0.15, 0.2) is 24.3 Å². The molecule has 0 fully saturated rings. The quantitative estimate of drug-likeness (QED) is 0.716. The van der Waals surface area contributed by atoms with Crippen molar-refractivity contribution in [3.63, 3.8) is 0 Å². The minimum absolute atomic E-state index is 0.0474. The Morgan fingerprint density at radius 3 is 2.40 bits per heavy atom. The molecular formula is C14H21N3O3. The molecule has 0 radical (unpaired) electrons. The third-order valence-electron chi connectivity index (χ3n) is 2.62. The summed E-state index contributed by atoms with van der Waals surface area (Å²) in [5.74, 6) is -0.149. The molecule has 1 aromatic carbocycles. The van der Waals surface area contributed by atoms with Crippen LogP contribution in [0.25, 0.3) is 0 Å². The fraction of sp³-hybridized carbons (Fsp3) is 0.429. The molecule has 2 N–H and O–H groups in total. The van der Waals surface area contributed by atoms with E-state index < -0.39 is 0 Å². The Labute approximate surface area is 119 Å². The molecule has 0 heterocycles. The van der Waals surface area contributed by atoms with E-state index in [2.05, 4.69) is 10.6 Å². The summed E-state index contributed by atoms with van der Waals surface area (Å²) in [4.78, 5) is 24.7. The van der Waals surface area contributed by atoms with E-state index in [4.69, 9.17) is 4.74 Å². The smallest absolute Gasteiger partial charge is 0.253 e. The molecule has 110 valence electrons. The van der Waals surface area contributed by atoms with Crippen molar-refractivity contribution >= 4 is 17.5 Å². The van der Waals surface area contributed by atoms with Crippen LogP contribution in [0.1, 0.15) is 10.4 Å². The highest BCUT2D eigenvalue weighted by molar-refractivity contribution is 5.94. The molecule has 0 atom stereocenters. The van der Waals surface area contributed by atoms with Crippen LogP contribution in [-0.4, -0.2) is 57.6 Å². The molecule has 0 aliphatic heterocycles. The number of rotatable bonds is 7. The number of hydrogen-bond donors (Lipinski definition) is 2. The van der Waals surface area contributed by atoms with Crippen LogP contribution < -0.4 is 10.6 Å². The maximum atomic E-state index is 11.7. The van der Waals surface area contributed by atoms with Crippen LogP contribution >= 0.6 is 0 Å². The number of ether oxygens (including phenoxy) is 1. The summed E-state index contributed by atoms with van der Waals surface area (Å²) in [5.41, 5.74) is 1.41. The van der Waals surface area contributed by atoms with Gasteiger partial charge in [-0.15, -0.1) is 0 Å². The Kier molecular flexibility index (Phi) is 6.52. The second-order valence-electron chi connectivity index (χ2n) is 4.47. The zero-order valence-electron chi connectivity index (χ0n) is 12.1. The number of anilines is 1. The van der Waals surface area contributed by atoms with Crippen molar-refractivity contribution in [3.8, 4) is 0 Å². The number of nitrogens with one attached hydrogen (secondary N) is 2. The molecule has 0 bridgehead atoms. The lowest BCUT2D eigenvalue weighted by Crippen LogP contribution is -2.32. The van der Waals surface area contributed by atoms with Gasteiger partial charge in [0.1, 0.15) is 0 Å². The van der Waals surface area contributed by atoms with Crippen molar-refractivity contribution in [1.29, 1.82) is 0 Å². The van der Waals surface area contributed by atoms with E-state index in [0.29, 0.717) is 18.7 Å². The third kappa shape index (κ3) is 5.27.